The lowest BCUT2D eigenvalue weighted by atomic mass is 10.2. The number of aliphatic hydroxyl groups is 1. The van der Waals surface area contributed by atoms with Crippen LogP contribution < -0.4 is 9.47 Å². The summed E-state index contributed by atoms with van der Waals surface area (Å²) in [7, 11) is 1.54. The molecule has 0 spiro atoms. The van der Waals surface area contributed by atoms with Crippen molar-refractivity contribution in [2.75, 3.05) is 25.2 Å². The molecular weight excluding hydrogens is 256 g/mol. The maximum absolute atomic E-state index is 9.28. The first-order valence-corrected chi connectivity index (χ1v) is 6.87. The lowest BCUT2D eigenvalue weighted by molar-refractivity contribution is 0.339. The third-order valence-corrected chi connectivity index (χ3v) is 3.19. The second kappa shape index (κ2) is 7.40. The fraction of sp³-hybridized carbons (Fsp3) is 0.417. The highest BCUT2D eigenvalue weighted by atomic mass is 32.2. The van der Waals surface area contributed by atoms with Crippen LogP contribution in [0.15, 0.2) is 18.2 Å². The second-order valence-electron chi connectivity index (χ2n) is 3.21. The van der Waals surface area contributed by atoms with E-state index in [9.17, 15) is 5.11 Å². The molecule has 0 fully saturated rings. The van der Waals surface area contributed by atoms with Crippen LogP contribution in [0.3, 0.4) is 0 Å². The topological polar surface area (TPSA) is 38.7 Å². The molecule has 1 N–H and O–H groups in total. The first-order valence-electron chi connectivity index (χ1n) is 5.31. The van der Waals surface area contributed by atoms with Gasteiger partial charge in [-0.3, -0.25) is 0 Å². The van der Waals surface area contributed by atoms with Crippen LogP contribution in [0.1, 0.15) is 12.5 Å². The van der Waals surface area contributed by atoms with Crippen molar-refractivity contribution < 1.29 is 14.6 Å². The van der Waals surface area contributed by atoms with E-state index in [0.29, 0.717) is 17.9 Å². The maximum atomic E-state index is 9.28. The molecule has 0 aliphatic carbocycles. The Morgan fingerprint density at radius 3 is 2.82 bits per heavy atom. The van der Waals surface area contributed by atoms with Gasteiger partial charge in [0.2, 0.25) is 0 Å². The first-order chi connectivity index (χ1) is 8.19. The number of thiocarbonyl (C=S) groups is 1. The third-order valence-electron chi connectivity index (χ3n) is 2.10. The standard InChI is InChI=1S/C12H16O3S2/c1-3-17-7-6-15-9-4-5-10(12(13)16)11(8-9)14-2/h4-5,8H,3,6-7H2,1-2H3,(H,13,16). The summed E-state index contributed by atoms with van der Waals surface area (Å²) in [6.45, 7) is 2.77. The van der Waals surface area contributed by atoms with Gasteiger partial charge >= 0.3 is 0 Å². The predicted molar refractivity (Wildman–Crippen MR) is 75.8 cm³/mol. The molecule has 0 heterocycles. The van der Waals surface area contributed by atoms with Gasteiger partial charge in [0.15, 0.2) is 5.05 Å². The van der Waals surface area contributed by atoms with Crippen molar-refractivity contribution in [3.63, 3.8) is 0 Å². The van der Waals surface area contributed by atoms with Crippen LogP contribution in [0.2, 0.25) is 0 Å². The Labute approximate surface area is 111 Å². The van der Waals surface area contributed by atoms with Crippen molar-refractivity contribution in [1.82, 2.24) is 0 Å². The Bertz CT molecular complexity index is 380. The van der Waals surface area contributed by atoms with Crippen molar-refractivity contribution >= 4 is 29.0 Å². The summed E-state index contributed by atoms with van der Waals surface area (Å²) in [6.07, 6.45) is 0. The van der Waals surface area contributed by atoms with Gasteiger partial charge in [0.1, 0.15) is 11.5 Å². The highest BCUT2D eigenvalue weighted by Crippen LogP contribution is 2.25. The van der Waals surface area contributed by atoms with Gasteiger partial charge in [-0.2, -0.15) is 11.8 Å². The zero-order chi connectivity index (χ0) is 12.7. The zero-order valence-corrected chi connectivity index (χ0v) is 11.6. The van der Waals surface area contributed by atoms with Gasteiger partial charge in [0, 0.05) is 11.8 Å². The molecule has 1 rings (SSSR count). The van der Waals surface area contributed by atoms with E-state index < -0.39 is 0 Å². The molecule has 1 aromatic carbocycles. The molecule has 17 heavy (non-hydrogen) atoms. The molecule has 0 amide bonds. The van der Waals surface area contributed by atoms with Crippen LogP contribution in [-0.4, -0.2) is 35.4 Å². The van der Waals surface area contributed by atoms with Gasteiger partial charge in [-0.1, -0.05) is 6.92 Å². The number of benzene rings is 1. The van der Waals surface area contributed by atoms with Gasteiger partial charge < -0.3 is 14.6 Å². The van der Waals surface area contributed by atoms with Crippen LogP contribution in [0.25, 0.3) is 0 Å². The van der Waals surface area contributed by atoms with Crippen molar-refractivity contribution in [2.24, 2.45) is 0 Å². The third kappa shape index (κ3) is 4.44. The average Bonchev–Trinajstić information content (AvgIpc) is 2.34. The quantitative estimate of drug-likeness (QED) is 0.610. The number of hydrogen-bond donors (Lipinski definition) is 1. The molecule has 0 aliphatic rings. The molecule has 0 saturated heterocycles. The summed E-state index contributed by atoms with van der Waals surface area (Å²) in [4.78, 5) is 0. The number of methoxy groups -OCH3 is 1. The lowest BCUT2D eigenvalue weighted by Crippen LogP contribution is -2.03. The van der Waals surface area contributed by atoms with E-state index in [0.717, 1.165) is 17.3 Å². The number of hydrogen-bond acceptors (Lipinski definition) is 4. The van der Waals surface area contributed by atoms with Gasteiger partial charge in [-0.25, -0.2) is 0 Å². The van der Waals surface area contributed by atoms with E-state index in [1.165, 1.54) is 7.11 Å². The van der Waals surface area contributed by atoms with Gasteiger partial charge in [0.05, 0.1) is 19.3 Å². The van der Waals surface area contributed by atoms with E-state index in [4.69, 9.17) is 21.7 Å². The minimum Gasteiger partial charge on any atom is -0.498 e. The summed E-state index contributed by atoms with van der Waals surface area (Å²) in [6, 6.07) is 5.20. The molecule has 94 valence electrons. The summed E-state index contributed by atoms with van der Waals surface area (Å²) < 4.78 is 10.7. The van der Waals surface area contributed by atoms with Gasteiger partial charge in [-0.15, -0.1) is 0 Å². The number of ether oxygens (including phenoxy) is 2. The minimum atomic E-state index is -0.171. The van der Waals surface area contributed by atoms with E-state index in [1.54, 1.807) is 18.2 Å². The van der Waals surface area contributed by atoms with Crippen LogP contribution in [0, 0.1) is 0 Å². The van der Waals surface area contributed by atoms with Crippen molar-refractivity contribution in [3.05, 3.63) is 23.8 Å². The largest absolute Gasteiger partial charge is 0.498 e. The molecule has 5 heteroatoms. The Kier molecular flexibility index (Phi) is 6.15. The Hall–Kier alpha value is -0.940. The maximum Gasteiger partial charge on any atom is 0.192 e. The average molecular weight is 272 g/mol. The van der Waals surface area contributed by atoms with Crippen molar-refractivity contribution in [3.8, 4) is 11.5 Å². The Balaban J connectivity index is 2.66. The molecule has 0 atom stereocenters. The molecule has 0 bridgehead atoms. The van der Waals surface area contributed by atoms with E-state index in [1.807, 2.05) is 11.8 Å². The molecular formula is C12H16O3S2. The summed E-state index contributed by atoms with van der Waals surface area (Å²) in [5.74, 6) is 3.29. The SMILES string of the molecule is CCSCCOc1ccc(C(O)=S)c(OC)c1. The number of aliphatic hydroxyl groups excluding tert-OH is 1. The summed E-state index contributed by atoms with van der Waals surface area (Å²) >= 11 is 6.54. The van der Waals surface area contributed by atoms with E-state index in [-0.39, 0.29) is 5.05 Å². The number of rotatable bonds is 7. The molecule has 0 aromatic heterocycles. The Morgan fingerprint density at radius 2 is 2.24 bits per heavy atom. The number of thioether (sulfide) groups is 1. The smallest absolute Gasteiger partial charge is 0.192 e. The zero-order valence-electron chi connectivity index (χ0n) is 9.93. The van der Waals surface area contributed by atoms with Crippen LogP contribution >= 0.6 is 24.0 Å². The molecule has 0 radical (unpaired) electrons. The lowest BCUT2D eigenvalue weighted by Gasteiger charge is -2.10. The van der Waals surface area contributed by atoms with Crippen LogP contribution in [0.5, 0.6) is 11.5 Å². The summed E-state index contributed by atoms with van der Waals surface area (Å²) in [5, 5.41) is 9.11. The van der Waals surface area contributed by atoms with Crippen LogP contribution in [-0.2, 0) is 0 Å². The molecule has 3 nitrogen and oxygen atoms in total. The Morgan fingerprint density at radius 1 is 1.47 bits per heavy atom. The summed E-state index contributed by atoms with van der Waals surface area (Å²) in [5.41, 5.74) is 0.512. The molecule has 0 unspecified atom stereocenters. The molecule has 0 aliphatic heterocycles. The van der Waals surface area contributed by atoms with Crippen LogP contribution in [0.4, 0.5) is 0 Å². The van der Waals surface area contributed by atoms with Gasteiger partial charge in [0.25, 0.3) is 0 Å². The fourth-order valence-electron chi connectivity index (χ4n) is 1.30. The highest BCUT2D eigenvalue weighted by molar-refractivity contribution is 7.99. The minimum absolute atomic E-state index is 0.171. The predicted octanol–water partition coefficient (Wildman–Crippen LogP) is 3.06. The monoisotopic (exact) mass is 272 g/mol. The molecule has 1 aromatic rings. The fourth-order valence-corrected chi connectivity index (χ4v) is 1.96. The second-order valence-corrected chi connectivity index (χ2v) is 4.99. The van der Waals surface area contributed by atoms with E-state index in [2.05, 4.69) is 6.92 Å². The van der Waals surface area contributed by atoms with Crippen molar-refractivity contribution in [1.29, 1.82) is 0 Å². The van der Waals surface area contributed by atoms with Gasteiger partial charge in [-0.05, 0) is 30.1 Å². The normalized spacial score (nSPS) is 10.0. The first kappa shape index (κ1) is 14.1. The van der Waals surface area contributed by atoms with E-state index >= 15 is 0 Å². The molecule has 0 saturated carbocycles. The van der Waals surface area contributed by atoms with Crippen molar-refractivity contribution in [2.45, 2.75) is 6.92 Å². The highest BCUT2D eigenvalue weighted by Gasteiger charge is 2.08.